The highest BCUT2D eigenvalue weighted by Gasteiger charge is 2.08. The molecule has 0 aliphatic heterocycles. The predicted octanol–water partition coefficient (Wildman–Crippen LogP) is 5.77. The Kier molecular flexibility index (Phi) is 10.2. The molecule has 29 heavy (non-hydrogen) atoms. The summed E-state index contributed by atoms with van der Waals surface area (Å²) in [6, 6.07) is 8.02. The van der Waals surface area contributed by atoms with Crippen molar-refractivity contribution in [3.05, 3.63) is 42.2 Å². The number of unbranched alkanes of at least 4 members (excludes halogenated alkanes) is 6. The molecule has 5 heteroatoms. The molecule has 0 saturated carbocycles. The SMILES string of the molecule is CCCCCCCCCOc1cnc(-c2ccc(CC(C)OC(C)=O)cc2)nc1. The molecule has 0 N–H and O–H groups in total. The number of carbonyl (C=O) groups is 1. The Morgan fingerprint density at radius 3 is 2.21 bits per heavy atom. The van der Waals surface area contributed by atoms with Crippen LogP contribution in [0.15, 0.2) is 36.7 Å². The van der Waals surface area contributed by atoms with Gasteiger partial charge in [-0.25, -0.2) is 9.97 Å². The monoisotopic (exact) mass is 398 g/mol. The van der Waals surface area contributed by atoms with Gasteiger partial charge in [-0.15, -0.1) is 0 Å². The van der Waals surface area contributed by atoms with Gasteiger partial charge >= 0.3 is 5.97 Å². The Balaban J connectivity index is 1.74. The molecule has 0 aliphatic carbocycles. The third kappa shape index (κ3) is 9.07. The smallest absolute Gasteiger partial charge is 0.302 e. The van der Waals surface area contributed by atoms with Crippen molar-refractivity contribution < 1.29 is 14.3 Å². The lowest BCUT2D eigenvalue weighted by molar-refractivity contribution is -0.145. The second kappa shape index (κ2) is 12.9. The summed E-state index contributed by atoms with van der Waals surface area (Å²) in [7, 11) is 0. The minimum atomic E-state index is -0.253. The van der Waals surface area contributed by atoms with E-state index in [9.17, 15) is 4.79 Å². The maximum atomic E-state index is 11.0. The highest BCUT2D eigenvalue weighted by atomic mass is 16.5. The van der Waals surface area contributed by atoms with E-state index in [1.165, 1.54) is 45.4 Å². The van der Waals surface area contributed by atoms with Gasteiger partial charge in [0.2, 0.25) is 0 Å². The summed E-state index contributed by atoms with van der Waals surface area (Å²) in [6.45, 7) is 6.28. The van der Waals surface area contributed by atoms with E-state index in [1.54, 1.807) is 12.4 Å². The minimum Gasteiger partial charge on any atom is -0.490 e. The number of nitrogens with zero attached hydrogens (tertiary/aromatic N) is 2. The van der Waals surface area contributed by atoms with Gasteiger partial charge < -0.3 is 9.47 Å². The molecule has 0 aliphatic rings. The third-order valence-electron chi connectivity index (χ3n) is 4.75. The van der Waals surface area contributed by atoms with E-state index in [0.29, 0.717) is 24.6 Å². The van der Waals surface area contributed by atoms with Gasteiger partial charge in [0.1, 0.15) is 6.10 Å². The summed E-state index contributed by atoms with van der Waals surface area (Å²) in [5.41, 5.74) is 2.06. The van der Waals surface area contributed by atoms with Crippen LogP contribution in [-0.4, -0.2) is 28.6 Å². The molecule has 158 valence electrons. The molecule has 2 rings (SSSR count). The quantitative estimate of drug-likeness (QED) is 0.317. The Bertz CT molecular complexity index is 714. The lowest BCUT2D eigenvalue weighted by Crippen LogP contribution is -2.14. The minimum absolute atomic E-state index is 0.137. The number of carbonyl (C=O) groups excluding carboxylic acids is 1. The third-order valence-corrected chi connectivity index (χ3v) is 4.75. The van der Waals surface area contributed by atoms with E-state index in [2.05, 4.69) is 16.9 Å². The van der Waals surface area contributed by atoms with Crippen LogP contribution in [0.4, 0.5) is 0 Å². The van der Waals surface area contributed by atoms with Crippen molar-refractivity contribution in [2.75, 3.05) is 6.61 Å². The van der Waals surface area contributed by atoms with Crippen molar-refractivity contribution in [3.63, 3.8) is 0 Å². The maximum Gasteiger partial charge on any atom is 0.302 e. The van der Waals surface area contributed by atoms with E-state index >= 15 is 0 Å². The Labute approximate surface area is 174 Å². The van der Waals surface area contributed by atoms with Crippen LogP contribution in [0.1, 0.15) is 71.3 Å². The number of ether oxygens (including phenoxy) is 2. The van der Waals surface area contributed by atoms with E-state index in [0.717, 1.165) is 17.5 Å². The number of hydrogen-bond acceptors (Lipinski definition) is 5. The average molecular weight is 399 g/mol. The zero-order chi connectivity index (χ0) is 20.9. The van der Waals surface area contributed by atoms with Crippen molar-refractivity contribution in [2.24, 2.45) is 0 Å². The van der Waals surface area contributed by atoms with Crippen LogP contribution in [0, 0.1) is 0 Å². The number of aromatic nitrogens is 2. The van der Waals surface area contributed by atoms with Crippen molar-refractivity contribution in [3.8, 4) is 17.1 Å². The first-order chi connectivity index (χ1) is 14.1. The number of hydrogen-bond donors (Lipinski definition) is 0. The van der Waals surface area contributed by atoms with Crippen LogP contribution in [0.5, 0.6) is 5.75 Å². The topological polar surface area (TPSA) is 61.3 Å². The fraction of sp³-hybridized carbons (Fsp3) is 0.542. The van der Waals surface area contributed by atoms with Gasteiger partial charge in [0, 0.05) is 18.9 Å². The molecule has 0 bridgehead atoms. The molecule has 2 aromatic rings. The molecule has 1 heterocycles. The molecule has 1 atom stereocenters. The molecule has 0 radical (unpaired) electrons. The van der Waals surface area contributed by atoms with Crippen molar-refractivity contribution in [2.45, 2.75) is 78.2 Å². The fourth-order valence-corrected chi connectivity index (χ4v) is 3.24. The molecule has 1 aromatic carbocycles. The van der Waals surface area contributed by atoms with Crippen molar-refractivity contribution in [1.29, 1.82) is 0 Å². The van der Waals surface area contributed by atoms with Gasteiger partial charge in [0.25, 0.3) is 0 Å². The van der Waals surface area contributed by atoms with Crippen LogP contribution < -0.4 is 4.74 Å². The van der Waals surface area contributed by atoms with Gasteiger partial charge in [-0.2, -0.15) is 0 Å². The van der Waals surface area contributed by atoms with E-state index in [4.69, 9.17) is 9.47 Å². The maximum absolute atomic E-state index is 11.0. The van der Waals surface area contributed by atoms with E-state index in [1.807, 2.05) is 31.2 Å². The lowest BCUT2D eigenvalue weighted by Gasteiger charge is -2.12. The standard InChI is InChI=1S/C24H34N2O3/c1-4-5-6-7-8-9-10-15-28-23-17-25-24(26-18-23)22-13-11-21(12-14-22)16-19(2)29-20(3)27/h11-14,17-19H,4-10,15-16H2,1-3H3. The summed E-state index contributed by atoms with van der Waals surface area (Å²) in [6.07, 6.45) is 12.9. The first kappa shape index (κ1) is 22.9. The van der Waals surface area contributed by atoms with Gasteiger partial charge in [0.05, 0.1) is 19.0 Å². The summed E-state index contributed by atoms with van der Waals surface area (Å²) < 4.78 is 10.9. The van der Waals surface area contributed by atoms with Crippen LogP contribution in [0.2, 0.25) is 0 Å². The molecule has 0 saturated heterocycles. The Morgan fingerprint density at radius 1 is 0.966 bits per heavy atom. The van der Waals surface area contributed by atoms with Gasteiger partial charge in [-0.3, -0.25) is 4.79 Å². The Morgan fingerprint density at radius 2 is 1.59 bits per heavy atom. The largest absolute Gasteiger partial charge is 0.490 e. The van der Waals surface area contributed by atoms with Gasteiger partial charge in [-0.1, -0.05) is 69.7 Å². The zero-order valence-corrected chi connectivity index (χ0v) is 18.0. The average Bonchev–Trinajstić information content (AvgIpc) is 2.70. The van der Waals surface area contributed by atoms with Gasteiger partial charge in [-0.05, 0) is 18.9 Å². The first-order valence-corrected chi connectivity index (χ1v) is 10.8. The van der Waals surface area contributed by atoms with Crippen LogP contribution >= 0.6 is 0 Å². The van der Waals surface area contributed by atoms with E-state index < -0.39 is 0 Å². The second-order valence-electron chi connectivity index (χ2n) is 7.53. The molecular weight excluding hydrogens is 364 g/mol. The molecule has 1 aromatic heterocycles. The second-order valence-corrected chi connectivity index (χ2v) is 7.53. The molecule has 0 spiro atoms. The summed E-state index contributed by atoms with van der Waals surface area (Å²) >= 11 is 0. The highest BCUT2D eigenvalue weighted by Crippen LogP contribution is 2.18. The summed E-state index contributed by atoms with van der Waals surface area (Å²) in [4.78, 5) is 19.9. The van der Waals surface area contributed by atoms with E-state index in [-0.39, 0.29) is 12.1 Å². The predicted molar refractivity (Wildman–Crippen MR) is 116 cm³/mol. The molecule has 0 amide bonds. The van der Waals surface area contributed by atoms with Crippen LogP contribution in [0.3, 0.4) is 0 Å². The van der Waals surface area contributed by atoms with Crippen molar-refractivity contribution in [1.82, 2.24) is 9.97 Å². The zero-order valence-electron chi connectivity index (χ0n) is 18.0. The normalized spacial score (nSPS) is 11.8. The highest BCUT2D eigenvalue weighted by molar-refractivity contribution is 5.66. The molecular formula is C24H34N2O3. The van der Waals surface area contributed by atoms with Crippen LogP contribution in [0.25, 0.3) is 11.4 Å². The van der Waals surface area contributed by atoms with Crippen LogP contribution in [-0.2, 0) is 16.0 Å². The number of benzene rings is 1. The van der Waals surface area contributed by atoms with Gasteiger partial charge in [0.15, 0.2) is 11.6 Å². The number of rotatable bonds is 13. The van der Waals surface area contributed by atoms with Crippen molar-refractivity contribution >= 4 is 5.97 Å². The molecule has 1 unspecified atom stereocenters. The fourth-order valence-electron chi connectivity index (χ4n) is 3.24. The number of esters is 1. The first-order valence-electron chi connectivity index (χ1n) is 10.8. The summed E-state index contributed by atoms with van der Waals surface area (Å²) in [5.74, 6) is 1.14. The molecule has 0 fully saturated rings. The summed E-state index contributed by atoms with van der Waals surface area (Å²) in [5, 5.41) is 0. The lowest BCUT2D eigenvalue weighted by atomic mass is 10.1. The Hall–Kier alpha value is -2.43. The molecule has 5 nitrogen and oxygen atoms in total.